The highest BCUT2D eigenvalue weighted by Crippen LogP contribution is 2.05. The first-order valence-corrected chi connectivity index (χ1v) is 2.65. The second kappa shape index (κ2) is 3.09. The summed E-state index contributed by atoms with van der Waals surface area (Å²) in [5.41, 5.74) is 5.17. The Kier molecular flexibility index (Phi) is 2.09. The first kappa shape index (κ1) is 6.10. The molecule has 1 rings (SSSR count). The van der Waals surface area contributed by atoms with E-state index >= 15 is 0 Å². The topological polar surface area (TPSA) is 61.3 Å². The molecule has 4 heteroatoms. The van der Waals surface area contributed by atoms with Gasteiger partial charge in [0, 0.05) is 6.54 Å². The van der Waals surface area contributed by atoms with Crippen LogP contribution in [-0.2, 0) is 0 Å². The molecule has 0 aliphatic rings. The van der Waals surface area contributed by atoms with E-state index in [1.165, 1.54) is 12.5 Å². The normalized spacial score (nSPS) is 9.44. The first-order chi connectivity index (χ1) is 4.43. The minimum atomic E-state index is 0.501. The summed E-state index contributed by atoms with van der Waals surface area (Å²) >= 11 is 0. The Morgan fingerprint density at radius 3 is 3.22 bits per heavy atom. The summed E-state index contributed by atoms with van der Waals surface area (Å²) in [6.07, 6.45) is 2.92. The van der Waals surface area contributed by atoms with Crippen molar-refractivity contribution in [3.8, 4) is 5.75 Å². The minimum Gasteiger partial charge on any atom is -0.487 e. The van der Waals surface area contributed by atoms with E-state index in [0.717, 1.165) is 0 Å². The molecule has 0 spiro atoms. The quantitative estimate of drug-likeness (QED) is 0.623. The number of hydrogen-bond acceptors (Lipinski definition) is 4. The minimum absolute atomic E-state index is 0.501. The van der Waals surface area contributed by atoms with Crippen LogP contribution in [0.25, 0.3) is 0 Å². The maximum absolute atomic E-state index is 5.17. The van der Waals surface area contributed by atoms with Crippen LogP contribution in [0.3, 0.4) is 0 Å². The average molecular weight is 128 g/mol. The van der Waals surface area contributed by atoms with E-state index in [1.807, 2.05) is 0 Å². The molecule has 50 valence electrons. The maximum atomic E-state index is 5.17. The van der Waals surface area contributed by atoms with Gasteiger partial charge in [-0.05, 0) is 0 Å². The Bertz CT molecular complexity index is 150. The molecule has 0 atom stereocenters. The Morgan fingerprint density at radius 2 is 2.67 bits per heavy atom. The van der Waals surface area contributed by atoms with Crippen molar-refractivity contribution in [2.24, 2.45) is 5.73 Å². The van der Waals surface area contributed by atoms with Crippen molar-refractivity contribution >= 4 is 0 Å². The van der Waals surface area contributed by atoms with Crippen molar-refractivity contribution in [3.05, 3.63) is 12.5 Å². The van der Waals surface area contributed by atoms with Crippen LogP contribution in [0, 0.1) is 0 Å². The van der Waals surface area contributed by atoms with Gasteiger partial charge in [0.15, 0.2) is 12.0 Å². The summed E-state index contributed by atoms with van der Waals surface area (Å²) < 4.78 is 9.51. The van der Waals surface area contributed by atoms with E-state index in [4.69, 9.17) is 10.5 Å². The molecule has 0 aromatic carbocycles. The third-order valence-electron chi connectivity index (χ3n) is 0.796. The van der Waals surface area contributed by atoms with Crippen molar-refractivity contribution in [1.82, 2.24) is 5.16 Å². The van der Waals surface area contributed by atoms with E-state index in [2.05, 4.69) is 9.68 Å². The van der Waals surface area contributed by atoms with Gasteiger partial charge in [0.2, 0.25) is 0 Å². The summed E-state index contributed by atoms with van der Waals surface area (Å²) in [4.78, 5) is 0. The molecule has 2 N–H and O–H groups in total. The van der Waals surface area contributed by atoms with Crippen molar-refractivity contribution in [1.29, 1.82) is 0 Å². The SMILES string of the molecule is NCCOc1cnoc1. The van der Waals surface area contributed by atoms with E-state index in [0.29, 0.717) is 18.9 Å². The molecule has 0 amide bonds. The van der Waals surface area contributed by atoms with Crippen LogP contribution in [0.2, 0.25) is 0 Å². The summed E-state index contributed by atoms with van der Waals surface area (Å²) in [5, 5.41) is 3.43. The third kappa shape index (κ3) is 1.73. The van der Waals surface area contributed by atoms with Gasteiger partial charge < -0.3 is 15.0 Å². The second-order valence-electron chi connectivity index (χ2n) is 1.50. The van der Waals surface area contributed by atoms with Gasteiger partial charge in [0.25, 0.3) is 0 Å². The van der Waals surface area contributed by atoms with Crippen molar-refractivity contribution in [2.75, 3.05) is 13.2 Å². The highest BCUT2D eigenvalue weighted by Gasteiger charge is 1.91. The van der Waals surface area contributed by atoms with Crippen LogP contribution >= 0.6 is 0 Å². The van der Waals surface area contributed by atoms with E-state index in [9.17, 15) is 0 Å². The first-order valence-electron chi connectivity index (χ1n) is 2.65. The predicted molar refractivity (Wildman–Crippen MR) is 31.1 cm³/mol. The molecule has 1 aromatic rings. The van der Waals surface area contributed by atoms with E-state index in [-0.39, 0.29) is 0 Å². The predicted octanol–water partition coefficient (Wildman–Crippen LogP) is 0.0121. The molecule has 1 heterocycles. The zero-order chi connectivity index (χ0) is 6.53. The second-order valence-corrected chi connectivity index (χ2v) is 1.50. The van der Waals surface area contributed by atoms with Gasteiger partial charge in [-0.1, -0.05) is 5.16 Å². The molecule has 0 bridgehead atoms. The van der Waals surface area contributed by atoms with Crippen LogP contribution in [0.5, 0.6) is 5.75 Å². The molecule has 1 aromatic heterocycles. The molecule has 0 radical (unpaired) electrons. The maximum Gasteiger partial charge on any atom is 0.178 e. The zero-order valence-electron chi connectivity index (χ0n) is 4.91. The molecule has 0 unspecified atom stereocenters. The summed E-state index contributed by atoms with van der Waals surface area (Å²) in [6.45, 7) is 1.01. The van der Waals surface area contributed by atoms with Gasteiger partial charge in [-0.3, -0.25) is 0 Å². The zero-order valence-corrected chi connectivity index (χ0v) is 4.91. The number of nitrogens with two attached hydrogens (primary N) is 1. The van der Waals surface area contributed by atoms with Crippen LogP contribution in [0.15, 0.2) is 17.0 Å². The standard InChI is InChI=1S/C5H8N2O2/c6-1-2-8-5-3-7-9-4-5/h3-4H,1-2,6H2. The summed E-state index contributed by atoms with van der Waals surface area (Å²) in [6, 6.07) is 0. The molecular formula is C5H8N2O2. The van der Waals surface area contributed by atoms with Crippen LogP contribution < -0.4 is 10.5 Å². The molecule has 9 heavy (non-hydrogen) atoms. The molecule has 0 saturated heterocycles. The number of nitrogens with zero attached hydrogens (tertiary/aromatic N) is 1. The lowest BCUT2D eigenvalue weighted by Crippen LogP contribution is -2.10. The third-order valence-corrected chi connectivity index (χ3v) is 0.796. The lowest BCUT2D eigenvalue weighted by molar-refractivity contribution is 0.322. The van der Waals surface area contributed by atoms with Crippen LogP contribution in [-0.4, -0.2) is 18.3 Å². The summed E-state index contributed by atoms with van der Waals surface area (Å²) in [7, 11) is 0. The molecule has 0 fully saturated rings. The molecule has 0 aliphatic carbocycles. The lowest BCUT2D eigenvalue weighted by Gasteiger charge is -1.95. The van der Waals surface area contributed by atoms with Gasteiger partial charge in [0.05, 0.1) is 0 Å². The van der Waals surface area contributed by atoms with E-state index < -0.39 is 0 Å². The number of ether oxygens (including phenoxy) is 1. The molecular weight excluding hydrogens is 120 g/mol. The average Bonchev–Trinajstić information content (AvgIpc) is 2.34. The van der Waals surface area contributed by atoms with Crippen molar-refractivity contribution in [3.63, 3.8) is 0 Å². The molecule has 4 nitrogen and oxygen atoms in total. The molecule has 0 saturated carbocycles. The highest BCUT2D eigenvalue weighted by molar-refractivity contribution is 5.07. The summed E-state index contributed by atoms with van der Waals surface area (Å²) in [5.74, 6) is 0.625. The fourth-order valence-corrected chi connectivity index (χ4v) is 0.443. The van der Waals surface area contributed by atoms with Gasteiger partial charge in [0.1, 0.15) is 12.8 Å². The smallest absolute Gasteiger partial charge is 0.178 e. The number of hydrogen-bond donors (Lipinski definition) is 1. The fourth-order valence-electron chi connectivity index (χ4n) is 0.443. The molecule has 0 aliphatic heterocycles. The lowest BCUT2D eigenvalue weighted by atomic mass is 10.6. The Balaban J connectivity index is 2.30. The highest BCUT2D eigenvalue weighted by atomic mass is 16.5. The Morgan fingerprint density at radius 1 is 1.78 bits per heavy atom. The van der Waals surface area contributed by atoms with Gasteiger partial charge in [-0.25, -0.2) is 0 Å². The van der Waals surface area contributed by atoms with Gasteiger partial charge >= 0.3 is 0 Å². The van der Waals surface area contributed by atoms with Gasteiger partial charge in [-0.2, -0.15) is 0 Å². The number of rotatable bonds is 3. The fraction of sp³-hybridized carbons (Fsp3) is 0.400. The van der Waals surface area contributed by atoms with Crippen LogP contribution in [0.4, 0.5) is 0 Å². The Hall–Kier alpha value is -1.03. The Labute approximate surface area is 52.6 Å². The van der Waals surface area contributed by atoms with Crippen molar-refractivity contribution in [2.45, 2.75) is 0 Å². The van der Waals surface area contributed by atoms with E-state index in [1.54, 1.807) is 0 Å². The number of aromatic nitrogens is 1. The van der Waals surface area contributed by atoms with Crippen LogP contribution in [0.1, 0.15) is 0 Å². The van der Waals surface area contributed by atoms with Gasteiger partial charge in [-0.15, -0.1) is 0 Å². The monoisotopic (exact) mass is 128 g/mol. The largest absolute Gasteiger partial charge is 0.487 e. The van der Waals surface area contributed by atoms with Crippen molar-refractivity contribution < 1.29 is 9.26 Å².